The molecule has 0 radical (unpaired) electrons. The van der Waals surface area contributed by atoms with E-state index >= 15 is 0 Å². The summed E-state index contributed by atoms with van der Waals surface area (Å²) in [6, 6.07) is 5.71. The minimum absolute atomic E-state index is 0.0141. The predicted molar refractivity (Wildman–Crippen MR) is 128 cm³/mol. The van der Waals surface area contributed by atoms with E-state index in [0.717, 1.165) is 4.88 Å². The van der Waals surface area contributed by atoms with Gasteiger partial charge >= 0.3 is 0 Å². The number of sulfonamides is 1. The monoisotopic (exact) mass is 514 g/mol. The normalized spacial score (nSPS) is 13.2. The predicted octanol–water partition coefficient (Wildman–Crippen LogP) is 1.69. The van der Waals surface area contributed by atoms with Gasteiger partial charge in [-0.05, 0) is 19.1 Å². The Kier molecular flexibility index (Phi) is 11.0. The van der Waals surface area contributed by atoms with Crippen molar-refractivity contribution in [1.29, 1.82) is 0 Å². The van der Waals surface area contributed by atoms with Crippen molar-refractivity contribution in [1.82, 2.24) is 9.29 Å². The maximum atomic E-state index is 13.0. The molecule has 1 heterocycles. The Morgan fingerprint density at radius 1 is 1.26 bits per heavy atom. The van der Waals surface area contributed by atoms with Crippen molar-refractivity contribution >= 4 is 38.1 Å². The molecule has 1 amide bonds. The number of methoxy groups -OCH3 is 2. The quantitative estimate of drug-likeness (QED) is 0.287. The van der Waals surface area contributed by atoms with Crippen molar-refractivity contribution in [3.63, 3.8) is 0 Å². The third-order valence-electron chi connectivity index (χ3n) is 4.47. The standard InChI is InChI=1S/C21H30N4O7S2/c1-5-25(10-11-26)34(28,29)18-8-6-16(7-9-18)19(24-32-15(2)13-30-3)20(27)23-21-22-12-17(33-21)14-31-4/h6-9,12,15,26H,5,10-11,13-14H2,1-4H3,(H,22,23,27)/t15-/m1/s1. The van der Waals surface area contributed by atoms with Crippen molar-refractivity contribution in [3.8, 4) is 0 Å². The first-order valence-electron chi connectivity index (χ1n) is 10.5. The number of aromatic nitrogens is 1. The molecular formula is C21H30N4O7S2. The number of anilines is 1. The van der Waals surface area contributed by atoms with Gasteiger partial charge in [0.05, 0.1) is 29.6 Å². The second-order valence-electron chi connectivity index (χ2n) is 7.07. The number of aliphatic hydroxyl groups is 1. The summed E-state index contributed by atoms with van der Waals surface area (Å²) in [4.78, 5) is 23.4. The molecular weight excluding hydrogens is 484 g/mol. The zero-order chi connectivity index (χ0) is 25.1. The smallest absolute Gasteiger partial charge is 0.280 e. The molecule has 0 saturated heterocycles. The molecule has 34 heavy (non-hydrogen) atoms. The molecule has 1 aromatic heterocycles. The molecule has 2 aromatic rings. The summed E-state index contributed by atoms with van der Waals surface area (Å²) in [5, 5.41) is 16.2. The second-order valence-corrected chi connectivity index (χ2v) is 10.1. The number of amides is 1. The fourth-order valence-corrected chi connectivity index (χ4v) is 5.08. The lowest BCUT2D eigenvalue weighted by molar-refractivity contribution is -0.110. The van der Waals surface area contributed by atoms with Crippen LogP contribution in [0.5, 0.6) is 0 Å². The summed E-state index contributed by atoms with van der Waals surface area (Å²) in [6.07, 6.45) is 1.18. The molecule has 0 aliphatic rings. The van der Waals surface area contributed by atoms with Gasteiger partial charge in [0.1, 0.15) is 6.10 Å². The Balaban J connectivity index is 2.32. The molecule has 2 N–H and O–H groups in total. The van der Waals surface area contributed by atoms with Crippen molar-refractivity contribution < 1.29 is 32.6 Å². The van der Waals surface area contributed by atoms with Crippen LogP contribution in [0.25, 0.3) is 0 Å². The molecule has 0 unspecified atom stereocenters. The number of ether oxygens (including phenoxy) is 2. The molecule has 0 bridgehead atoms. The number of thiazole rings is 1. The molecule has 0 aliphatic carbocycles. The zero-order valence-electron chi connectivity index (χ0n) is 19.6. The van der Waals surface area contributed by atoms with E-state index in [0.29, 0.717) is 17.3 Å². The van der Waals surface area contributed by atoms with Crippen LogP contribution < -0.4 is 5.32 Å². The third kappa shape index (κ3) is 7.55. The highest BCUT2D eigenvalue weighted by atomic mass is 32.2. The van der Waals surface area contributed by atoms with E-state index in [1.165, 1.54) is 47.0 Å². The van der Waals surface area contributed by atoms with Gasteiger partial charge < -0.3 is 19.4 Å². The average molecular weight is 515 g/mol. The Morgan fingerprint density at radius 3 is 2.56 bits per heavy atom. The van der Waals surface area contributed by atoms with Crippen LogP contribution >= 0.6 is 11.3 Å². The van der Waals surface area contributed by atoms with E-state index in [-0.39, 0.29) is 36.9 Å². The first-order valence-corrected chi connectivity index (χ1v) is 12.7. The topological polar surface area (TPSA) is 140 Å². The lowest BCUT2D eigenvalue weighted by Crippen LogP contribution is -2.33. The third-order valence-corrected chi connectivity index (χ3v) is 7.34. The van der Waals surface area contributed by atoms with Gasteiger partial charge in [-0.1, -0.05) is 35.5 Å². The van der Waals surface area contributed by atoms with Gasteiger partial charge in [0, 0.05) is 39.1 Å². The summed E-state index contributed by atoms with van der Waals surface area (Å²) in [5.41, 5.74) is 0.290. The van der Waals surface area contributed by atoms with Crippen molar-refractivity contribution in [2.75, 3.05) is 45.8 Å². The van der Waals surface area contributed by atoms with E-state index in [1.54, 1.807) is 27.2 Å². The molecule has 188 valence electrons. The van der Waals surface area contributed by atoms with E-state index in [9.17, 15) is 13.2 Å². The highest BCUT2D eigenvalue weighted by Gasteiger charge is 2.24. The van der Waals surface area contributed by atoms with Crippen LogP contribution in [-0.2, 0) is 35.7 Å². The van der Waals surface area contributed by atoms with Gasteiger partial charge in [-0.25, -0.2) is 13.4 Å². The number of benzene rings is 1. The highest BCUT2D eigenvalue weighted by molar-refractivity contribution is 7.89. The average Bonchev–Trinajstić information content (AvgIpc) is 3.25. The van der Waals surface area contributed by atoms with Gasteiger partial charge in [0.2, 0.25) is 10.0 Å². The Hall–Kier alpha value is -2.42. The van der Waals surface area contributed by atoms with Crippen LogP contribution in [0.2, 0.25) is 0 Å². The van der Waals surface area contributed by atoms with E-state index in [2.05, 4.69) is 15.5 Å². The van der Waals surface area contributed by atoms with Gasteiger partial charge in [0.25, 0.3) is 5.91 Å². The molecule has 0 spiro atoms. The largest absolute Gasteiger partial charge is 0.395 e. The maximum Gasteiger partial charge on any atom is 0.280 e. The summed E-state index contributed by atoms with van der Waals surface area (Å²) < 4.78 is 36.9. The van der Waals surface area contributed by atoms with E-state index in [1.807, 2.05) is 0 Å². The number of likely N-dealkylation sites (N-methyl/N-ethyl adjacent to an activating group) is 1. The van der Waals surface area contributed by atoms with Crippen LogP contribution in [0.15, 0.2) is 40.5 Å². The molecule has 11 nitrogen and oxygen atoms in total. The van der Waals surface area contributed by atoms with Crippen LogP contribution in [0.1, 0.15) is 24.3 Å². The first kappa shape index (κ1) is 27.8. The van der Waals surface area contributed by atoms with Gasteiger partial charge in [-0.3, -0.25) is 10.1 Å². The van der Waals surface area contributed by atoms with E-state index in [4.69, 9.17) is 19.4 Å². The van der Waals surface area contributed by atoms with Crippen molar-refractivity contribution in [3.05, 3.63) is 40.9 Å². The zero-order valence-corrected chi connectivity index (χ0v) is 21.2. The van der Waals surface area contributed by atoms with Crippen LogP contribution in [0.4, 0.5) is 5.13 Å². The Labute approximate surface area is 203 Å². The molecule has 2 rings (SSSR count). The van der Waals surface area contributed by atoms with Crippen molar-refractivity contribution in [2.45, 2.75) is 31.5 Å². The fraction of sp³-hybridized carbons (Fsp3) is 0.476. The molecule has 0 aliphatic heterocycles. The number of nitrogens with zero attached hydrogens (tertiary/aromatic N) is 3. The number of carbonyl (C=O) groups is 1. The molecule has 0 fully saturated rings. The lowest BCUT2D eigenvalue weighted by Gasteiger charge is -2.19. The number of oxime groups is 1. The highest BCUT2D eigenvalue weighted by Crippen LogP contribution is 2.20. The number of hydrogen-bond acceptors (Lipinski definition) is 10. The van der Waals surface area contributed by atoms with Gasteiger partial charge in [0.15, 0.2) is 10.8 Å². The summed E-state index contributed by atoms with van der Waals surface area (Å²) in [6.45, 7) is 3.96. The summed E-state index contributed by atoms with van der Waals surface area (Å²) in [7, 11) is -0.711. The molecule has 1 aromatic carbocycles. The van der Waals surface area contributed by atoms with Gasteiger partial charge in [-0.2, -0.15) is 4.31 Å². The second kappa shape index (κ2) is 13.5. The number of rotatable bonds is 14. The van der Waals surface area contributed by atoms with Crippen LogP contribution in [0, 0.1) is 0 Å². The Bertz CT molecular complexity index is 1060. The number of nitrogens with one attached hydrogen (secondary N) is 1. The van der Waals surface area contributed by atoms with Gasteiger partial charge in [-0.15, -0.1) is 0 Å². The SMILES string of the molecule is CCN(CCO)S(=O)(=O)c1ccc(C(=NO[C@H](C)COC)C(=O)Nc2ncc(COC)s2)cc1. The summed E-state index contributed by atoms with van der Waals surface area (Å²) >= 11 is 1.26. The molecule has 13 heteroatoms. The lowest BCUT2D eigenvalue weighted by atomic mass is 10.1. The summed E-state index contributed by atoms with van der Waals surface area (Å²) in [5.74, 6) is -0.575. The number of carbonyl (C=O) groups excluding carboxylic acids is 1. The van der Waals surface area contributed by atoms with Crippen LogP contribution in [0.3, 0.4) is 0 Å². The van der Waals surface area contributed by atoms with E-state index < -0.39 is 22.0 Å². The molecule has 1 atom stereocenters. The minimum Gasteiger partial charge on any atom is -0.395 e. The maximum absolute atomic E-state index is 13.0. The fourth-order valence-electron chi connectivity index (χ4n) is 2.86. The number of hydrogen-bond donors (Lipinski definition) is 2. The minimum atomic E-state index is -3.80. The number of aliphatic hydroxyl groups excluding tert-OH is 1. The molecule has 0 saturated carbocycles. The van der Waals surface area contributed by atoms with Crippen molar-refractivity contribution in [2.24, 2.45) is 5.16 Å². The first-order chi connectivity index (χ1) is 16.3. The Morgan fingerprint density at radius 2 is 1.97 bits per heavy atom. The van der Waals surface area contributed by atoms with Crippen LogP contribution in [-0.4, -0.2) is 81.1 Å².